The molecule has 2 aromatic carbocycles. The van der Waals surface area contributed by atoms with Crippen LogP contribution >= 0.6 is 7.60 Å². The molecule has 0 aliphatic carbocycles. The summed E-state index contributed by atoms with van der Waals surface area (Å²) in [5, 5.41) is 0. The Hall–Kier alpha value is -1.45. The van der Waals surface area contributed by atoms with Gasteiger partial charge in [-0.1, -0.05) is 60.7 Å². The van der Waals surface area contributed by atoms with Crippen LogP contribution in [0, 0.1) is 0 Å². The van der Waals surface area contributed by atoms with Crippen molar-refractivity contribution in [1.82, 2.24) is 0 Å². The van der Waals surface area contributed by atoms with Gasteiger partial charge in [-0.25, -0.2) is 0 Å². The van der Waals surface area contributed by atoms with Gasteiger partial charge in [0.05, 0.1) is 6.29 Å². The molecular formula is C14H16NO3P. The van der Waals surface area contributed by atoms with Crippen molar-refractivity contribution >= 4 is 7.60 Å². The Labute approximate surface area is 112 Å². The molecule has 1 atom stereocenters. The number of hydrogen-bond acceptors (Lipinski definition) is 3. The lowest BCUT2D eigenvalue weighted by molar-refractivity contribution is 0.208. The van der Waals surface area contributed by atoms with Crippen LogP contribution in [-0.2, 0) is 9.09 Å². The van der Waals surface area contributed by atoms with Crippen LogP contribution in [0.15, 0.2) is 60.7 Å². The minimum Gasteiger partial charge on any atom is -0.323 e. The number of nitrogens with two attached hydrogens (primary N) is 1. The van der Waals surface area contributed by atoms with E-state index in [2.05, 4.69) is 0 Å². The van der Waals surface area contributed by atoms with Crippen LogP contribution in [0.25, 0.3) is 0 Å². The molecule has 0 spiro atoms. The first-order chi connectivity index (χ1) is 9.12. The first-order valence-electron chi connectivity index (χ1n) is 5.92. The van der Waals surface area contributed by atoms with Crippen molar-refractivity contribution in [1.29, 1.82) is 0 Å². The lowest BCUT2D eigenvalue weighted by Crippen LogP contribution is -2.09. The molecule has 5 heteroatoms. The van der Waals surface area contributed by atoms with Crippen LogP contribution in [0.4, 0.5) is 0 Å². The maximum atomic E-state index is 11.7. The first-order valence-corrected chi connectivity index (χ1v) is 7.69. The fourth-order valence-corrected chi connectivity index (χ4v) is 2.44. The highest BCUT2D eigenvalue weighted by atomic mass is 31.2. The molecule has 2 aromatic rings. The Morgan fingerprint density at radius 2 is 1.42 bits per heavy atom. The molecule has 2 rings (SSSR count). The third kappa shape index (κ3) is 3.75. The van der Waals surface area contributed by atoms with Gasteiger partial charge >= 0.3 is 7.60 Å². The van der Waals surface area contributed by atoms with Gasteiger partial charge in [0.1, 0.15) is 6.10 Å². The predicted molar refractivity (Wildman–Crippen MR) is 74.7 cm³/mol. The van der Waals surface area contributed by atoms with Gasteiger partial charge in [-0.05, 0) is 11.1 Å². The van der Waals surface area contributed by atoms with Crippen molar-refractivity contribution in [3.05, 3.63) is 71.8 Å². The smallest absolute Gasteiger partial charge is 0.323 e. The van der Waals surface area contributed by atoms with Crippen LogP contribution in [0.2, 0.25) is 0 Å². The molecule has 0 bridgehead atoms. The minimum atomic E-state index is -3.78. The molecule has 0 saturated carbocycles. The van der Waals surface area contributed by atoms with Crippen LogP contribution in [0.1, 0.15) is 17.2 Å². The molecule has 100 valence electrons. The van der Waals surface area contributed by atoms with E-state index in [1.807, 2.05) is 60.7 Å². The summed E-state index contributed by atoms with van der Waals surface area (Å²) in [6.45, 7) is 0. The monoisotopic (exact) mass is 277 g/mol. The zero-order valence-corrected chi connectivity index (χ0v) is 11.2. The fourth-order valence-electron chi connectivity index (χ4n) is 1.78. The van der Waals surface area contributed by atoms with Gasteiger partial charge in [0, 0.05) is 0 Å². The summed E-state index contributed by atoms with van der Waals surface area (Å²) < 4.78 is 17.1. The van der Waals surface area contributed by atoms with E-state index in [1.54, 1.807) is 0 Å². The fraction of sp³-hybridized carbons (Fsp3) is 0.143. The van der Waals surface area contributed by atoms with Gasteiger partial charge < -0.3 is 10.6 Å². The standard InChI is InChI=1S/C14H16NO3P/c15-11-19(16,17)18-14(12-7-3-1-4-8-12)13-9-5-2-6-10-13/h1-10,14H,11,15H2,(H,16,17). The van der Waals surface area contributed by atoms with Gasteiger partial charge in [0.15, 0.2) is 0 Å². The Bertz CT molecular complexity index is 520. The molecule has 0 fully saturated rings. The molecule has 0 aliphatic rings. The summed E-state index contributed by atoms with van der Waals surface area (Å²) in [6, 6.07) is 18.6. The molecule has 0 saturated heterocycles. The largest absolute Gasteiger partial charge is 0.342 e. The summed E-state index contributed by atoms with van der Waals surface area (Å²) in [4.78, 5) is 9.62. The predicted octanol–water partition coefficient (Wildman–Crippen LogP) is 2.89. The molecule has 4 nitrogen and oxygen atoms in total. The summed E-state index contributed by atoms with van der Waals surface area (Å²) in [5.74, 6) is 0. The van der Waals surface area contributed by atoms with E-state index in [0.29, 0.717) is 0 Å². The van der Waals surface area contributed by atoms with Crippen LogP contribution in [-0.4, -0.2) is 11.2 Å². The van der Waals surface area contributed by atoms with Crippen molar-refractivity contribution in [2.24, 2.45) is 5.73 Å². The molecule has 0 radical (unpaired) electrons. The maximum Gasteiger partial charge on any atom is 0.342 e. The highest BCUT2D eigenvalue weighted by Crippen LogP contribution is 2.46. The Kier molecular flexibility index (Phi) is 4.51. The molecule has 0 amide bonds. The van der Waals surface area contributed by atoms with E-state index in [9.17, 15) is 9.46 Å². The van der Waals surface area contributed by atoms with E-state index in [0.717, 1.165) is 11.1 Å². The average molecular weight is 277 g/mol. The normalized spacial score (nSPS) is 14.3. The molecular weight excluding hydrogens is 261 g/mol. The Morgan fingerprint density at radius 1 is 1.00 bits per heavy atom. The van der Waals surface area contributed by atoms with Crippen LogP contribution in [0.3, 0.4) is 0 Å². The lowest BCUT2D eigenvalue weighted by atomic mass is 10.0. The van der Waals surface area contributed by atoms with Crippen LogP contribution < -0.4 is 5.73 Å². The minimum absolute atomic E-state index is 0.400. The number of benzene rings is 2. The van der Waals surface area contributed by atoms with Gasteiger partial charge in [-0.3, -0.25) is 9.09 Å². The topological polar surface area (TPSA) is 72.6 Å². The summed E-state index contributed by atoms with van der Waals surface area (Å²) >= 11 is 0. The number of hydrogen-bond donors (Lipinski definition) is 2. The van der Waals surface area contributed by atoms with E-state index >= 15 is 0 Å². The average Bonchev–Trinajstić information content (AvgIpc) is 2.47. The van der Waals surface area contributed by atoms with Gasteiger partial charge in [0.25, 0.3) is 0 Å². The quantitative estimate of drug-likeness (QED) is 0.824. The van der Waals surface area contributed by atoms with E-state index in [-0.39, 0.29) is 0 Å². The molecule has 1 unspecified atom stereocenters. The first kappa shape index (κ1) is 14.0. The summed E-state index contributed by atoms with van der Waals surface area (Å²) in [7, 11) is -3.78. The Balaban J connectivity index is 2.37. The van der Waals surface area contributed by atoms with Gasteiger partial charge in [-0.15, -0.1) is 0 Å². The second kappa shape index (κ2) is 6.13. The van der Waals surface area contributed by atoms with E-state index in [4.69, 9.17) is 10.3 Å². The molecule has 0 heterocycles. The second-order valence-corrected chi connectivity index (χ2v) is 5.98. The van der Waals surface area contributed by atoms with Crippen molar-refractivity contribution in [2.45, 2.75) is 6.10 Å². The summed E-state index contributed by atoms with van der Waals surface area (Å²) in [6.07, 6.45) is -0.995. The molecule has 19 heavy (non-hydrogen) atoms. The van der Waals surface area contributed by atoms with Crippen molar-refractivity contribution in [3.8, 4) is 0 Å². The molecule has 0 aromatic heterocycles. The van der Waals surface area contributed by atoms with Crippen LogP contribution in [0.5, 0.6) is 0 Å². The van der Waals surface area contributed by atoms with E-state index < -0.39 is 20.0 Å². The lowest BCUT2D eigenvalue weighted by Gasteiger charge is -2.21. The van der Waals surface area contributed by atoms with E-state index in [1.165, 1.54) is 0 Å². The number of rotatable bonds is 5. The maximum absolute atomic E-state index is 11.7. The van der Waals surface area contributed by atoms with Crippen molar-refractivity contribution in [3.63, 3.8) is 0 Å². The highest BCUT2D eigenvalue weighted by molar-refractivity contribution is 7.52. The molecule has 0 aliphatic heterocycles. The van der Waals surface area contributed by atoms with Gasteiger partial charge in [-0.2, -0.15) is 0 Å². The third-order valence-corrected chi connectivity index (χ3v) is 3.71. The van der Waals surface area contributed by atoms with Gasteiger partial charge in [0.2, 0.25) is 0 Å². The zero-order valence-electron chi connectivity index (χ0n) is 10.3. The summed E-state index contributed by atoms with van der Waals surface area (Å²) in [5.41, 5.74) is 6.90. The third-order valence-electron chi connectivity index (χ3n) is 2.71. The highest BCUT2D eigenvalue weighted by Gasteiger charge is 2.25. The van der Waals surface area contributed by atoms with Crippen molar-refractivity contribution < 1.29 is 14.0 Å². The second-order valence-electron chi connectivity index (χ2n) is 4.13. The molecule has 3 N–H and O–H groups in total. The SMILES string of the molecule is NCP(=O)(O)OC(c1ccccc1)c1ccccc1. The Morgan fingerprint density at radius 3 is 1.79 bits per heavy atom. The zero-order chi connectivity index (χ0) is 13.7. The van der Waals surface area contributed by atoms with Crippen molar-refractivity contribution in [2.75, 3.05) is 6.29 Å².